The van der Waals surface area contributed by atoms with E-state index in [1.807, 2.05) is 64.2 Å². The zero-order valence-electron chi connectivity index (χ0n) is 17.2. The molecule has 0 aromatic heterocycles. The fourth-order valence-electron chi connectivity index (χ4n) is 3.04. The monoisotopic (exact) mass is 395 g/mol. The molecule has 0 saturated heterocycles. The van der Waals surface area contributed by atoms with Crippen LogP contribution in [0.25, 0.3) is 0 Å². The summed E-state index contributed by atoms with van der Waals surface area (Å²) in [6.07, 6.45) is 0.0725. The summed E-state index contributed by atoms with van der Waals surface area (Å²) in [5.74, 6) is -1.05. The van der Waals surface area contributed by atoms with E-state index < -0.39 is 32.7 Å². The van der Waals surface area contributed by atoms with Gasteiger partial charge in [0.25, 0.3) is 0 Å². The van der Waals surface area contributed by atoms with Crippen LogP contribution in [0.5, 0.6) is 0 Å². The zero-order valence-corrected chi connectivity index (χ0v) is 18.4. The van der Waals surface area contributed by atoms with E-state index in [1.54, 1.807) is 6.92 Å². The number of hydrogen-bond donors (Lipinski definition) is 2. The third kappa shape index (κ3) is 7.34. The maximum Gasteiger partial charge on any atom is 0.407 e. The molecule has 0 radical (unpaired) electrons. The second-order valence-corrected chi connectivity index (χ2v) is 10.6. The maximum atomic E-state index is 12.4. The summed E-state index contributed by atoms with van der Waals surface area (Å²) in [5.41, 5.74) is -0.792. The predicted molar refractivity (Wildman–Crippen MR) is 108 cm³/mol. The standard InChI is InChI=1S/C20H33NO5Si/c1-7-20(17(22)23,26-27(5)6)16(13-19(2,3)4)21-18(24)25-14-15-11-9-8-10-12-15/h8-12,16,27H,7,13-14H2,1-6H3,(H,21,24)(H,22,23)/t16-,20?/m0/s1. The first-order chi connectivity index (χ1) is 12.5. The molecule has 1 amide bonds. The van der Waals surface area contributed by atoms with Crippen molar-refractivity contribution >= 4 is 21.1 Å². The summed E-state index contributed by atoms with van der Waals surface area (Å²) in [7, 11) is -1.68. The fraction of sp³-hybridized carbons (Fsp3) is 0.600. The lowest BCUT2D eigenvalue weighted by Gasteiger charge is -2.40. The molecule has 0 aliphatic heterocycles. The molecule has 0 spiro atoms. The molecule has 6 nitrogen and oxygen atoms in total. The molecular weight excluding hydrogens is 362 g/mol. The molecule has 0 aliphatic rings. The quantitative estimate of drug-likeness (QED) is 0.619. The van der Waals surface area contributed by atoms with Gasteiger partial charge in [0.15, 0.2) is 14.6 Å². The fourth-order valence-corrected chi connectivity index (χ4v) is 4.31. The summed E-state index contributed by atoms with van der Waals surface area (Å²) >= 11 is 0. The molecule has 1 aromatic rings. The number of aliphatic carboxylic acids is 1. The summed E-state index contributed by atoms with van der Waals surface area (Å²) in [4.78, 5) is 24.6. The summed E-state index contributed by atoms with van der Waals surface area (Å²) in [6.45, 7) is 11.8. The van der Waals surface area contributed by atoms with E-state index >= 15 is 0 Å². The van der Waals surface area contributed by atoms with E-state index in [-0.39, 0.29) is 18.4 Å². The number of carbonyl (C=O) groups excluding carboxylic acids is 1. The highest BCUT2D eigenvalue weighted by molar-refractivity contribution is 6.48. The molecule has 152 valence electrons. The molecular formula is C20H33NO5Si. The number of alkyl carbamates (subject to hydrolysis) is 1. The first kappa shape index (κ1) is 23.2. The molecule has 1 rings (SSSR count). The zero-order chi connectivity index (χ0) is 20.7. The van der Waals surface area contributed by atoms with Crippen molar-refractivity contribution in [3.05, 3.63) is 35.9 Å². The highest BCUT2D eigenvalue weighted by Gasteiger charge is 2.48. The Balaban J connectivity index is 3.00. The van der Waals surface area contributed by atoms with E-state index in [0.29, 0.717) is 6.42 Å². The highest BCUT2D eigenvalue weighted by Crippen LogP contribution is 2.32. The average molecular weight is 396 g/mol. The molecule has 7 heteroatoms. The third-order valence-electron chi connectivity index (χ3n) is 4.22. The van der Waals surface area contributed by atoms with E-state index in [2.05, 4.69) is 5.32 Å². The van der Waals surface area contributed by atoms with Gasteiger partial charge in [0.1, 0.15) is 6.61 Å². The third-order valence-corrected chi connectivity index (χ3v) is 5.11. The van der Waals surface area contributed by atoms with Crippen LogP contribution >= 0.6 is 0 Å². The predicted octanol–water partition coefficient (Wildman–Crippen LogP) is 3.95. The highest BCUT2D eigenvalue weighted by atomic mass is 28.3. The first-order valence-corrected chi connectivity index (χ1v) is 12.2. The van der Waals surface area contributed by atoms with Gasteiger partial charge in [-0.3, -0.25) is 0 Å². The van der Waals surface area contributed by atoms with E-state index in [4.69, 9.17) is 9.16 Å². The van der Waals surface area contributed by atoms with Crippen molar-refractivity contribution in [3.63, 3.8) is 0 Å². The number of amides is 1. The molecule has 1 unspecified atom stereocenters. The topological polar surface area (TPSA) is 84.9 Å². The normalized spacial score (nSPS) is 15.1. The van der Waals surface area contributed by atoms with Gasteiger partial charge in [-0.15, -0.1) is 0 Å². The SMILES string of the molecule is CCC(O[SiH](C)C)(C(=O)O)[C@H](CC(C)(C)C)NC(=O)OCc1ccccc1. The van der Waals surface area contributed by atoms with Gasteiger partial charge in [-0.05, 0) is 36.9 Å². The van der Waals surface area contributed by atoms with E-state index in [9.17, 15) is 14.7 Å². The van der Waals surface area contributed by atoms with Crippen LogP contribution in [0.3, 0.4) is 0 Å². The van der Waals surface area contributed by atoms with Crippen molar-refractivity contribution in [2.24, 2.45) is 5.41 Å². The van der Waals surface area contributed by atoms with Crippen LogP contribution in [-0.2, 0) is 20.6 Å². The average Bonchev–Trinajstić information content (AvgIpc) is 2.56. The van der Waals surface area contributed by atoms with Crippen molar-refractivity contribution in [2.75, 3.05) is 0 Å². The lowest BCUT2D eigenvalue weighted by molar-refractivity contribution is -0.159. The van der Waals surface area contributed by atoms with Gasteiger partial charge in [-0.2, -0.15) is 0 Å². The number of carbonyl (C=O) groups is 2. The van der Waals surface area contributed by atoms with Crippen molar-refractivity contribution in [2.45, 2.75) is 71.9 Å². The second kappa shape index (κ2) is 9.89. The van der Waals surface area contributed by atoms with Gasteiger partial charge in [0, 0.05) is 0 Å². The smallest absolute Gasteiger partial charge is 0.407 e. The lowest BCUT2D eigenvalue weighted by Crippen LogP contribution is -2.61. The van der Waals surface area contributed by atoms with Crippen LogP contribution in [0.4, 0.5) is 4.79 Å². The number of rotatable bonds is 9. The Morgan fingerprint density at radius 2 is 1.78 bits per heavy atom. The van der Waals surface area contributed by atoms with Crippen molar-refractivity contribution in [3.8, 4) is 0 Å². The van der Waals surface area contributed by atoms with E-state index in [0.717, 1.165) is 5.56 Å². The maximum absolute atomic E-state index is 12.4. The molecule has 27 heavy (non-hydrogen) atoms. The van der Waals surface area contributed by atoms with Gasteiger partial charge >= 0.3 is 12.1 Å². The summed E-state index contributed by atoms with van der Waals surface area (Å²) in [5, 5.41) is 12.7. The molecule has 1 aromatic carbocycles. The Kier molecular flexibility index (Phi) is 8.49. The second-order valence-electron chi connectivity index (χ2n) is 8.24. The van der Waals surface area contributed by atoms with Crippen LogP contribution in [-0.4, -0.2) is 37.9 Å². The molecule has 0 bridgehead atoms. The molecule has 2 N–H and O–H groups in total. The molecule has 0 heterocycles. The molecule has 0 fully saturated rings. The minimum atomic E-state index is -1.68. The number of carboxylic acid groups (broad SMARTS) is 1. The van der Waals surface area contributed by atoms with Crippen LogP contribution < -0.4 is 5.32 Å². The van der Waals surface area contributed by atoms with Crippen LogP contribution in [0, 0.1) is 5.41 Å². The van der Waals surface area contributed by atoms with Gasteiger partial charge in [0.2, 0.25) is 0 Å². The Hall–Kier alpha value is -1.86. The van der Waals surface area contributed by atoms with Crippen molar-refractivity contribution in [1.29, 1.82) is 0 Å². The van der Waals surface area contributed by atoms with Gasteiger partial charge in [-0.1, -0.05) is 58.0 Å². The number of ether oxygens (including phenoxy) is 1. The molecule has 2 atom stereocenters. The number of hydrogen-bond acceptors (Lipinski definition) is 4. The van der Waals surface area contributed by atoms with Crippen molar-refractivity contribution < 1.29 is 23.9 Å². The Morgan fingerprint density at radius 1 is 1.19 bits per heavy atom. The van der Waals surface area contributed by atoms with Crippen LogP contribution in [0.1, 0.15) is 46.1 Å². The Bertz CT molecular complexity index is 615. The lowest BCUT2D eigenvalue weighted by atomic mass is 9.79. The number of carboxylic acids is 1. The van der Waals surface area contributed by atoms with Crippen molar-refractivity contribution in [1.82, 2.24) is 5.32 Å². The largest absolute Gasteiger partial charge is 0.479 e. The summed E-state index contributed by atoms with van der Waals surface area (Å²) in [6, 6.07) is 8.65. The number of nitrogens with one attached hydrogen (secondary N) is 1. The van der Waals surface area contributed by atoms with Gasteiger partial charge in [-0.25, -0.2) is 9.59 Å². The summed E-state index contributed by atoms with van der Waals surface area (Å²) < 4.78 is 11.3. The van der Waals surface area contributed by atoms with Crippen LogP contribution in [0.15, 0.2) is 30.3 Å². The molecule has 0 saturated carbocycles. The van der Waals surface area contributed by atoms with Crippen LogP contribution in [0.2, 0.25) is 13.1 Å². The van der Waals surface area contributed by atoms with E-state index in [1.165, 1.54) is 0 Å². The minimum Gasteiger partial charge on any atom is -0.479 e. The van der Waals surface area contributed by atoms with Gasteiger partial charge < -0.3 is 19.6 Å². The number of benzene rings is 1. The Labute approximate surface area is 164 Å². The van der Waals surface area contributed by atoms with Gasteiger partial charge in [0.05, 0.1) is 6.04 Å². The first-order valence-electron chi connectivity index (χ1n) is 9.38. The molecule has 0 aliphatic carbocycles. The minimum absolute atomic E-state index is 0.126. The Morgan fingerprint density at radius 3 is 2.22 bits per heavy atom.